The van der Waals surface area contributed by atoms with Crippen molar-refractivity contribution in [2.75, 3.05) is 11.1 Å². The zero-order valence-electron chi connectivity index (χ0n) is 26.1. The second kappa shape index (κ2) is 14.4. The van der Waals surface area contributed by atoms with Gasteiger partial charge in [-0.3, -0.25) is 0 Å². The van der Waals surface area contributed by atoms with Crippen LogP contribution in [0.2, 0.25) is 20.1 Å². The Bertz CT molecular complexity index is 2520. The van der Waals surface area contributed by atoms with Crippen molar-refractivity contribution in [3.8, 4) is 22.5 Å². The Morgan fingerprint density at radius 2 is 1.16 bits per heavy atom. The fourth-order valence-electron chi connectivity index (χ4n) is 5.63. The van der Waals surface area contributed by atoms with Gasteiger partial charge < -0.3 is 21.8 Å². The fourth-order valence-corrected chi connectivity index (χ4v) is 6.53. The van der Waals surface area contributed by atoms with E-state index in [9.17, 15) is 0 Å². The minimum atomic E-state index is 0.145. The van der Waals surface area contributed by atoms with Crippen molar-refractivity contribution in [2.24, 2.45) is 5.73 Å². The Balaban J connectivity index is 0.000000170. The summed E-state index contributed by atoms with van der Waals surface area (Å²) in [5, 5.41) is 7.71. The number of nitrogen functional groups attached to an aromatic ring is 1. The van der Waals surface area contributed by atoms with Crippen LogP contribution in [0, 0.1) is 0 Å². The van der Waals surface area contributed by atoms with Gasteiger partial charge >= 0.3 is 0 Å². The molecular formula is C37H27Cl4N9. The number of aromatic amines is 1. The summed E-state index contributed by atoms with van der Waals surface area (Å²) >= 11 is 25.4. The number of H-pyrrole nitrogens is 1. The number of imidazole rings is 1. The molecule has 0 bridgehead atoms. The molecule has 0 fully saturated rings. The first kappa shape index (κ1) is 33.5. The van der Waals surface area contributed by atoms with Crippen molar-refractivity contribution in [3.05, 3.63) is 135 Å². The van der Waals surface area contributed by atoms with Crippen LogP contribution in [-0.2, 0) is 13.1 Å². The lowest BCUT2D eigenvalue weighted by Crippen LogP contribution is -2.07. The first-order valence-corrected chi connectivity index (χ1v) is 16.9. The molecule has 0 saturated carbocycles. The molecule has 248 valence electrons. The lowest BCUT2D eigenvalue weighted by Gasteiger charge is -2.14. The Kier molecular flexibility index (Phi) is 9.67. The van der Waals surface area contributed by atoms with Gasteiger partial charge in [-0.1, -0.05) is 107 Å². The van der Waals surface area contributed by atoms with Crippen LogP contribution in [0.15, 0.2) is 103 Å². The van der Waals surface area contributed by atoms with Crippen molar-refractivity contribution < 1.29 is 0 Å². The molecule has 4 aromatic carbocycles. The Labute approximate surface area is 306 Å². The van der Waals surface area contributed by atoms with Crippen LogP contribution in [0.4, 0.5) is 11.8 Å². The number of fused-ring (bicyclic) bond motifs is 3. The number of aromatic nitrogens is 6. The lowest BCUT2D eigenvalue weighted by molar-refractivity contribution is 1.06. The average Bonchev–Trinajstić information content (AvgIpc) is 3.60. The van der Waals surface area contributed by atoms with E-state index in [2.05, 4.69) is 36.3 Å². The average molecular weight is 739 g/mol. The molecule has 0 amide bonds. The summed E-state index contributed by atoms with van der Waals surface area (Å²) in [7, 11) is 0. The van der Waals surface area contributed by atoms with Crippen LogP contribution in [0.25, 0.3) is 55.5 Å². The molecule has 0 atom stereocenters. The van der Waals surface area contributed by atoms with Gasteiger partial charge in [0.2, 0.25) is 5.95 Å². The third kappa shape index (κ3) is 6.74. The molecule has 4 heterocycles. The number of hydrogen-bond donors (Lipinski definition) is 4. The first-order valence-electron chi connectivity index (χ1n) is 15.4. The molecule has 0 unspecified atom stereocenters. The SMILES string of the molecule is NCc1cc2cccc(Cl)c2nc1-c1ccccc1Cl.Nc1nc(NCc2cc3cccc(Cl)c3nc2-c2ccccc2Cl)c2[nH]cnc2n1. The second-order valence-corrected chi connectivity index (χ2v) is 12.8. The largest absolute Gasteiger partial charge is 0.368 e. The van der Waals surface area contributed by atoms with Gasteiger partial charge in [-0.2, -0.15) is 9.97 Å². The third-order valence-electron chi connectivity index (χ3n) is 7.98. The van der Waals surface area contributed by atoms with Gasteiger partial charge in [0.15, 0.2) is 11.5 Å². The highest BCUT2D eigenvalue weighted by Crippen LogP contribution is 2.35. The summed E-state index contributed by atoms with van der Waals surface area (Å²) in [6.07, 6.45) is 1.55. The van der Waals surface area contributed by atoms with Gasteiger partial charge in [-0.05, 0) is 47.5 Å². The van der Waals surface area contributed by atoms with Crippen LogP contribution in [0.1, 0.15) is 11.1 Å². The number of halogens is 4. The molecule has 0 aliphatic rings. The molecule has 0 saturated heterocycles. The molecule has 0 aliphatic heterocycles. The predicted molar refractivity (Wildman–Crippen MR) is 206 cm³/mol. The van der Waals surface area contributed by atoms with Gasteiger partial charge in [0.05, 0.1) is 38.8 Å². The number of hydrogen-bond acceptors (Lipinski definition) is 8. The third-order valence-corrected chi connectivity index (χ3v) is 9.25. The standard InChI is InChI=1S/C21H15Cl2N7.C16H12Cl2N2/c22-14-6-2-1-5-13(14)16-12(8-11-4-3-7-15(23)17(11)28-16)9-25-19-18-20(27-10-26-18)30-21(24)29-19;17-13-6-2-1-5-12(13)15-11(9-19)8-10-4-3-7-14(18)16(10)20-15/h1-8,10H,9H2,(H4,24,25,26,27,29,30);1-8H,9,19H2. The van der Waals surface area contributed by atoms with Crippen LogP contribution >= 0.6 is 46.4 Å². The van der Waals surface area contributed by atoms with Gasteiger partial charge in [0, 0.05) is 45.0 Å². The van der Waals surface area contributed by atoms with Gasteiger partial charge in [-0.15, -0.1) is 0 Å². The Hall–Kier alpha value is -5.03. The molecule has 6 N–H and O–H groups in total. The van der Waals surface area contributed by atoms with E-state index in [4.69, 9.17) is 62.9 Å². The quantitative estimate of drug-likeness (QED) is 0.132. The molecule has 0 aliphatic carbocycles. The van der Waals surface area contributed by atoms with Crippen LogP contribution in [0.5, 0.6) is 0 Å². The highest BCUT2D eigenvalue weighted by Gasteiger charge is 2.16. The Morgan fingerprint density at radius 1 is 0.620 bits per heavy atom. The van der Waals surface area contributed by atoms with E-state index in [1.165, 1.54) is 0 Å². The number of pyridine rings is 2. The van der Waals surface area contributed by atoms with E-state index in [-0.39, 0.29) is 5.95 Å². The zero-order valence-corrected chi connectivity index (χ0v) is 29.2. The number of anilines is 2. The highest BCUT2D eigenvalue weighted by atomic mass is 35.5. The Morgan fingerprint density at radius 3 is 1.74 bits per heavy atom. The maximum Gasteiger partial charge on any atom is 0.224 e. The summed E-state index contributed by atoms with van der Waals surface area (Å²) in [5.74, 6) is 0.707. The van der Waals surface area contributed by atoms with Crippen molar-refractivity contribution in [3.63, 3.8) is 0 Å². The van der Waals surface area contributed by atoms with Crippen LogP contribution in [0.3, 0.4) is 0 Å². The van der Waals surface area contributed by atoms with Gasteiger partial charge in [0.25, 0.3) is 0 Å². The van der Waals surface area contributed by atoms with E-state index in [0.717, 1.165) is 55.4 Å². The number of benzene rings is 4. The summed E-state index contributed by atoms with van der Waals surface area (Å²) in [6.45, 7) is 0.830. The van der Waals surface area contributed by atoms with Crippen molar-refractivity contribution in [1.29, 1.82) is 0 Å². The lowest BCUT2D eigenvalue weighted by atomic mass is 10.0. The molecule has 9 nitrogen and oxygen atoms in total. The molecule has 0 radical (unpaired) electrons. The topological polar surface area (TPSA) is 144 Å². The summed E-state index contributed by atoms with van der Waals surface area (Å²) in [6, 6.07) is 30.7. The van der Waals surface area contributed by atoms with Gasteiger partial charge in [0.1, 0.15) is 5.52 Å². The molecular weight excluding hydrogens is 712 g/mol. The van der Waals surface area contributed by atoms with E-state index in [1.807, 2.05) is 91.0 Å². The summed E-state index contributed by atoms with van der Waals surface area (Å²) in [5.41, 5.74) is 19.5. The maximum absolute atomic E-state index is 6.48. The van der Waals surface area contributed by atoms with Crippen molar-refractivity contribution in [1.82, 2.24) is 29.9 Å². The minimum Gasteiger partial charge on any atom is -0.368 e. The van der Waals surface area contributed by atoms with E-state index < -0.39 is 0 Å². The van der Waals surface area contributed by atoms with Crippen molar-refractivity contribution in [2.45, 2.75) is 13.1 Å². The molecule has 0 spiro atoms. The smallest absolute Gasteiger partial charge is 0.224 e. The van der Waals surface area contributed by atoms with E-state index in [1.54, 1.807) is 6.33 Å². The molecule has 50 heavy (non-hydrogen) atoms. The number of nitrogens with one attached hydrogen (secondary N) is 2. The molecule has 8 aromatic rings. The number of nitrogens with two attached hydrogens (primary N) is 2. The maximum atomic E-state index is 6.48. The zero-order chi connectivity index (χ0) is 34.8. The molecule has 13 heteroatoms. The second-order valence-electron chi connectivity index (χ2n) is 11.2. The first-order chi connectivity index (χ1) is 24.3. The van der Waals surface area contributed by atoms with Gasteiger partial charge in [-0.25, -0.2) is 15.0 Å². The normalized spacial score (nSPS) is 11.1. The molecule has 8 rings (SSSR count). The highest BCUT2D eigenvalue weighted by molar-refractivity contribution is 6.36. The van der Waals surface area contributed by atoms with Crippen LogP contribution in [-0.4, -0.2) is 29.9 Å². The summed E-state index contributed by atoms with van der Waals surface area (Å²) in [4.78, 5) is 25.1. The monoisotopic (exact) mass is 737 g/mol. The van der Waals surface area contributed by atoms with Crippen molar-refractivity contribution >= 4 is 91.1 Å². The van der Waals surface area contributed by atoms with E-state index in [0.29, 0.717) is 50.2 Å². The van der Waals surface area contributed by atoms with E-state index >= 15 is 0 Å². The number of nitrogens with zero attached hydrogens (tertiary/aromatic N) is 5. The number of rotatable bonds is 6. The molecule has 4 aromatic heterocycles. The summed E-state index contributed by atoms with van der Waals surface area (Å²) < 4.78 is 0. The minimum absolute atomic E-state index is 0.145. The number of para-hydroxylation sites is 2. The van der Waals surface area contributed by atoms with Crippen LogP contribution < -0.4 is 16.8 Å². The fraction of sp³-hybridized carbons (Fsp3) is 0.0541. The predicted octanol–water partition coefficient (Wildman–Crippen LogP) is 9.74.